The van der Waals surface area contributed by atoms with Gasteiger partial charge in [-0.25, -0.2) is 0 Å². The smallest absolute Gasteiger partial charge is 0.309 e. The Hall–Kier alpha value is -1.55. The van der Waals surface area contributed by atoms with Gasteiger partial charge in [-0.05, 0) is 49.3 Å². The Morgan fingerprint density at radius 3 is 2.45 bits per heavy atom. The Balaban J connectivity index is 1.42. The van der Waals surface area contributed by atoms with Crippen molar-refractivity contribution >= 4 is 5.97 Å². The van der Waals surface area contributed by atoms with E-state index in [9.17, 15) is 4.79 Å². The van der Waals surface area contributed by atoms with Crippen LogP contribution >= 0.6 is 0 Å². The van der Waals surface area contributed by atoms with Crippen LogP contribution in [-0.2, 0) is 20.9 Å². The minimum absolute atomic E-state index is 0.00595. The van der Waals surface area contributed by atoms with Crippen LogP contribution in [0.15, 0.2) is 24.3 Å². The molecule has 1 aromatic carbocycles. The highest BCUT2D eigenvalue weighted by Crippen LogP contribution is 2.55. The third kappa shape index (κ3) is 3.61. The molecule has 0 bridgehead atoms. The number of benzene rings is 1. The van der Waals surface area contributed by atoms with Gasteiger partial charge in [-0.3, -0.25) is 4.79 Å². The van der Waals surface area contributed by atoms with Crippen LogP contribution in [0.25, 0.3) is 0 Å². The highest BCUT2D eigenvalue weighted by atomic mass is 16.7. The lowest BCUT2D eigenvalue weighted by Gasteiger charge is -2.08. The molecular formula is C18H24O4. The number of fused-ring (bicyclic) bond motifs is 1. The summed E-state index contributed by atoms with van der Waals surface area (Å²) in [4.78, 5) is 12.1. The van der Waals surface area contributed by atoms with E-state index in [2.05, 4.69) is 0 Å². The van der Waals surface area contributed by atoms with E-state index >= 15 is 0 Å². The van der Waals surface area contributed by atoms with Gasteiger partial charge in [0, 0.05) is 6.61 Å². The zero-order valence-corrected chi connectivity index (χ0v) is 13.1. The Bertz CT molecular complexity index is 484. The molecule has 0 amide bonds. The second-order valence-corrected chi connectivity index (χ2v) is 6.14. The number of esters is 1. The lowest BCUT2D eigenvalue weighted by atomic mass is 10.0. The molecule has 2 aliphatic carbocycles. The molecule has 0 heterocycles. The summed E-state index contributed by atoms with van der Waals surface area (Å²) in [7, 11) is 0. The van der Waals surface area contributed by atoms with Crippen molar-refractivity contribution in [2.24, 2.45) is 17.8 Å². The van der Waals surface area contributed by atoms with Crippen molar-refractivity contribution in [3.05, 3.63) is 29.8 Å². The third-order valence-corrected chi connectivity index (χ3v) is 4.75. The molecule has 0 saturated heterocycles. The molecule has 0 aromatic heterocycles. The van der Waals surface area contributed by atoms with Crippen LogP contribution in [0.2, 0.25) is 0 Å². The van der Waals surface area contributed by atoms with E-state index in [1.54, 1.807) is 0 Å². The van der Waals surface area contributed by atoms with E-state index in [4.69, 9.17) is 14.2 Å². The molecule has 2 fully saturated rings. The molecule has 0 spiro atoms. The van der Waals surface area contributed by atoms with Crippen LogP contribution in [0.1, 0.15) is 38.2 Å². The number of carbonyl (C=O) groups is 1. The molecule has 0 N–H and O–H groups in total. The number of rotatable bonds is 7. The largest absolute Gasteiger partial charge is 0.468 e. The molecule has 1 aromatic rings. The second kappa shape index (κ2) is 7.14. The van der Waals surface area contributed by atoms with Crippen molar-refractivity contribution in [1.29, 1.82) is 0 Å². The Kier molecular flexibility index (Phi) is 4.98. The minimum atomic E-state index is -0.00595. The van der Waals surface area contributed by atoms with E-state index in [-0.39, 0.29) is 18.7 Å². The van der Waals surface area contributed by atoms with Gasteiger partial charge in [-0.15, -0.1) is 0 Å². The molecule has 22 heavy (non-hydrogen) atoms. The van der Waals surface area contributed by atoms with Gasteiger partial charge in [0.15, 0.2) is 6.79 Å². The van der Waals surface area contributed by atoms with E-state index in [1.807, 2.05) is 31.2 Å². The molecule has 4 heteroatoms. The van der Waals surface area contributed by atoms with Crippen LogP contribution < -0.4 is 4.74 Å². The predicted molar refractivity (Wildman–Crippen MR) is 82.3 cm³/mol. The minimum Gasteiger partial charge on any atom is -0.468 e. The molecule has 4 nitrogen and oxygen atoms in total. The van der Waals surface area contributed by atoms with E-state index in [0.717, 1.165) is 11.3 Å². The summed E-state index contributed by atoms with van der Waals surface area (Å²) >= 11 is 0. The second-order valence-electron chi connectivity index (χ2n) is 6.14. The van der Waals surface area contributed by atoms with Crippen molar-refractivity contribution in [1.82, 2.24) is 0 Å². The Labute approximate surface area is 131 Å². The van der Waals surface area contributed by atoms with Gasteiger partial charge in [0.05, 0.1) is 5.92 Å². The highest BCUT2D eigenvalue weighted by molar-refractivity contribution is 5.76. The highest BCUT2D eigenvalue weighted by Gasteiger charge is 2.55. The zero-order valence-electron chi connectivity index (χ0n) is 13.1. The van der Waals surface area contributed by atoms with Gasteiger partial charge < -0.3 is 14.2 Å². The molecule has 0 radical (unpaired) electrons. The summed E-state index contributed by atoms with van der Waals surface area (Å²) in [6.45, 7) is 3.17. The molecule has 2 aliphatic rings. The van der Waals surface area contributed by atoms with Gasteiger partial charge in [0.25, 0.3) is 0 Å². The average Bonchev–Trinajstić information content (AvgIpc) is 3.28. The molecular weight excluding hydrogens is 280 g/mol. The topological polar surface area (TPSA) is 44.8 Å². The average molecular weight is 304 g/mol. The van der Waals surface area contributed by atoms with Crippen molar-refractivity contribution in [3.63, 3.8) is 0 Å². The monoisotopic (exact) mass is 304 g/mol. The van der Waals surface area contributed by atoms with Crippen LogP contribution in [0.4, 0.5) is 0 Å². The van der Waals surface area contributed by atoms with Crippen LogP contribution in [-0.4, -0.2) is 19.4 Å². The maximum atomic E-state index is 12.1. The molecule has 2 saturated carbocycles. The first kappa shape index (κ1) is 15.3. The summed E-state index contributed by atoms with van der Waals surface area (Å²) in [5.74, 6) is 2.15. The summed E-state index contributed by atoms with van der Waals surface area (Å²) < 4.78 is 16.0. The van der Waals surface area contributed by atoms with Crippen LogP contribution in [0.5, 0.6) is 5.75 Å². The van der Waals surface area contributed by atoms with E-state index in [1.165, 1.54) is 25.7 Å². The van der Waals surface area contributed by atoms with E-state index in [0.29, 0.717) is 25.0 Å². The van der Waals surface area contributed by atoms with Gasteiger partial charge in [-0.2, -0.15) is 0 Å². The fourth-order valence-electron chi connectivity index (χ4n) is 3.47. The van der Waals surface area contributed by atoms with Crippen molar-refractivity contribution in [2.75, 3.05) is 13.4 Å². The van der Waals surface area contributed by atoms with E-state index < -0.39 is 0 Å². The SMILES string of the molecule is CCOCOc1ccc(COC(=O)C2[C@H]3CCCC[C@@H]23)cc1. The summed E-state index contributed by atoms with van der Waals surface area (Å²) in [5.41, 5.74) is 0.987. The van der Waals surface area contributed by atoms with Gasteiger partial charge >= 0.3 is 5.97 Å². The van der Waals surface area contributed by atoms with Crippen molar-refractivity contribution in [2.45, 2.75) is 39.2 Å². The number of ether oxygens (including phenoxy) is 3. The van der Waals surface area contributed by atoms with Gasteiger partial charge in [0.1, 0.15) is 12.4 Å². The maximum Gasteiger partial charge on any atom is 0.309 e. The summed E-state index contributed by atoms with van der Waals surface area (Å²) in [5, 5.41) is 0. The maximum absolute atomic E-state index is 12.1. The first-order chi connectivity index (χ1) is 10.8. The van der Waals surface area contributed by atoms with Crippen molar-refractivity contribution in [3.8, 4) is 5.75 Å². The fraction of sp³-hybridized carbons (Fsp3) is 0.611. The summed E-state index contributed by atoms with van der Waals surface area (Å²) in [6.07, 6.45) is 4.95. The third-order valence-electron chi connectivity index (χ3n) is 4.75. The number of hydrogen-bond acceptors (Lipinski definition) is 4. The van der Waals surface area contributed by atoms with Gasteiger partial charge in [-0.1, -0.05) is 25.0 Å². The first-order valence-electron chi connectivity index (χ1n) is 8.25. The molecule has 3 atom stereocenters. The quantitative estimate of drug-likeness (QED) is 0.439. The molecule has 1 unspecified atom stereocenters. The zero-order chi connectivity index (χ0) is 15.4. The van der Waals surface area contributed by atoms with Crippen LogP contribution in [0, 0.1) is 17.8 Å². The van der Waals surface area contributed by atoms with Crippen molar-refractivity contribution < 1.29 is 19.0 Å². The predicted octanol–water partition coefficient (Wildman–Crippen LogP) is 3.54. The Morgan fingerprint density at radius 2 is 1.82 bits per heavy atom. The standard InChI is InChI=1S/C18H24O4/c1-2-20-12-22-14-9-7-13(8-10-14)11-21-18(19)17-15-5-3-4-6-16(15)17/h7-10,15-17H,2-6,11-12H2,1H3/t15-,16+,17?. The number of hydrogen-bond donors (Lipinski definition) is 0. The normalized spacial score (nSPS) is 26.1. The lowest BCUT2D eigenvalue weighted by molar-refractivity contribution is -0.147. The number of carbonyl (C=O) groups excluding carboxylic acids is 1. The summed E-state index contributed by atoms with van der Waals surface area (Å²) in [6, 6.07) is 7.60. The van der Waals surface area contributed by atoms with Gasteiger partial charge in [0.2, 0.25) is 0 Å². The van der Waals surface area contributed by atoms with Crippen LogP contribution in [0.3, 0.4) is 0 Å². The first-order valence-corrected chi connectivity index (χ1v) is 8.25. The Morgan fingerprint density at radius 1 is 1.14 bits per heavy atom. The lowest BCUT2D eigenvalue weighted by Crippen LogP contribution is -2.09. The molecule has 120 valence electrons. The fourth-order valence-corrected chi connectivity index (χ4v) is 3.47. The molecule has 3 rings (SSSR count). The molecule has 0 aliphatic heterocycles.